The van der Waals surface area contributed by atoms with Gasteiger partial charge in [-0.1, -0.05) is 0 Å². The van der Waals surface area contributed by atoms with Crippen molar-refractivity contribution in [3.05, 3.63) is 22.8 Å². The number of Topliss-reactive ketones (excluding diaryl/α,β-unsaturated/α-hetero) is 1. The molecular formula is C11H14O3. The molecule has 0 bridgehead atoms. The number of hydrogen-bond donors (Lipinski definition) is 1. The molecule has 0 spiro atoms. The molecule has 0 radical (unpaired) electrons. The number of phenolic OH excluding ortho intramolecular Hbond substituents is 1. The predicted octanol–water partition coefficient (Wildman–Crippen LogP) is 2.22. The Morgan fingerprint density at radius 3 is 2.43 bits per heavy atom. The van der Waals surface area contributed by atoms with E-state index in [1.807, 2.05) is 0 Å². The molecule has 14 heavy (non-hydrogen) atoms. The Kier molecular flexibility index (Phi) is 2.79. The van der Waals surface area contributed by atoms with E-state index in [0.717, 1.165) is 0 Å². The summed E-state index contributed by atoms with van der Waals surface area (Å²) in [6.45, 7) is 4.97. The van der Waals surface area contributed by atoms with Crippen molar-refractivity contribution in [3.63, 3.8) is 0 Å². The third kappa shape index (κ3) is 1.58. The predicted molar refractivity (Wildman–Crippen MR) is 54.1 cm³/mol. The molecule has 76 valence electrons. The van der Waals surface area contributed by atoms with Gasteiger partial charge in [0.1, 0.15) is 11.5 Å². The van der Waals surface area contributed by atoms with E-state index in [0.29, 0.717) is 22.4 Å². The Morgan fingerprint density at radius 1 is 1.43 bits per heavy atom. The number of aryl methyl sites for hydroxylation is 1. The Bertz CT molecular complexity index is 381. The van der Waals surface area contributed by atoms with Crippen LogP contribution in [0.15, 0.2) is 6.07 Å². The van der Waals surface area contributed by atoms with Crippen molar-refractivity contribution in [1.29, 1.82) is 0 Å². The van der Waals surface area contributed by atoms with Gasteiger partial charge in [0.25, 0.3) is 0 Å². The number of ether oxygens (including phenoxy) is 1. The molecule has 3 nitrogen and oxygen atoms in total. The molecule has 0 unspecified atom stereocenters. The van der Waals surface area contributed by atoms with Gasteiger partial charge in [-0.05, 0) is 32.4 Å². The van der Waals surface area contributed by atoms with Crippen LogP contribution in [0.4, 0.5) is 0 Å². The first-order valence-corrected chi connectivity index (χ1v) is 4.37. The first-order chi connectivity index (χ1) is 6.49. The number of benzene rings is 1. The number of hydrogen-bond acceptors (Lipinski definition) is 3. The maximum atomic E-state index is 11.3. The van der Waals surface area contributed by atoms with Gasteiger partial charge in [-0.15, -0.1) is 0 Å². The van der Waals surface area contributed by atoms with Crippen LogP contribution in [-0.2, 0) is 0 Å². The highest BCUT2D eigenvalue weighted by Crippen LogP contribution is 2.33. The topological polar surface area (TPSA) is 46.5 Å². The SMILES string of the molecule is COc1c(C(C)=O)cc(C)c(O)c1C. The van der Waals surface area contributed by atoms with E-state index in [4.69, 9.17) is 4.74 Å². The number of rotatable bonds is 2. The average Bonchev–Trinajstić information content (AvgIpc) is 2.13. The lowest BCUT2D eigenvalue weighted by atomic mass is 10.0. The molecule has 0 aromatic heterocycles. The fourth-order valence-corrected chi connectivity index (χ4v) is 1.48. The minimum absolute atomic E-state index is 0.0620. The van der Waals surface area contributed by atoms with Crippen LogP contribution in [0.3, 0.4) is 0 Å². The number of phenols is 1. The van der Waals surface area contributed by atoms with Crippen molar-refractivity contribution < 1.29 is 14.6 Å². The van der Waals surface area contributed by atoms with Gasteiger partial charge in [-0.25, -0.2) is 0 Å². The van der Waals surface area contributed by atoms with Crippen molar-refractivity contribution in [2.75, 3.05) is 7.11 Å². The first kappa shape index (κ1) is 10.6. The Hall–Kier alpha value is -1.51. The zero-order chi connectivity index (χ0) is 10.9. The van der Waals surface area contributed by atoms with Crippen molar-refractivity contribution in [2.45, 2.75) is 20.8 Å². The Labute approximate surface area is 83.3 Å². The number of ketones is 1. The largest absolute Gasteiger partial charge is 0.507 e. The normalized spacial score (nSPS) is 10.0. The number of methoxy groups -OCH3 is 1. The standard InChI is InChI=1S/C11H14O3/c1-6-5-9(8(3)12)11(14-4)7(2)10(6)13/h5,13H,1-4H3. The molecule has 0 saturated heterocycles. The monoisotopic (exact) mass is 194 g/mol. The fourth-order valence-electron chi connectivity index (χ4n) is 1.48. The van der Waals surface area contributed by atoms with E-state index in [9.17, 15) is 9.90 Å². The van der Waals surface area contributed by atoms with E-state index in [-0.39, 0.29) is 11.5 Å². The summed E-state index contributed by atoms with van der Waals surface area (Å²) < 4.78 is 5.09. The Morgan fingerprint density at radius 2 is 2.00 bits per heavy atom. The van der Waals surface area contributed by atoms with Crippen molar-refractivity contribution >= 4 is 5.78 Å². The van der Waals surface area contributed by atoms with Crippen LogP contribution in [-0.4, -0.2) is 18.0 Å². The molecular weight excluding hydrogens is 180 g/mol. The van der Waals surface area contributed by atoms with Gasteiger partial charge >= 0.3 is 0 Å². The molecule has 0 fully saturated rings. The summed E-state index contributed by atoms with van der Waals surface area (Å²) in [6.07, 6.45) is 0. The molecule has 1 N–H and O–H groups in total. The van der Waals surface area contributed by atoms with E-state index in [1.165, 1.54) is 14.0 Å². The lowest BCUT2D eigenvalue weighted by Gasteiger charge is -2.12. The number of aromatic hydroxyl groups is 1. The lowest BCUT2D eigenvalue weighted by Crippen LogP contribution is -2.01. The second-order valence-corrected chi connectivity index (χ2v) is 3.30. The van der Waals surface area contributed by atoms with Crippen LogP contribution < -0.4 is 4.74 Å². The van der Waals surface area contributed by atoms with Crippen molar-refractivity contribution in [2.24, 2.45) is 0 Å². The molecule has 0 aliphatic heterocycles. The van der Waals surface area contributed by atoms with Gasteiger partial charge in [0.15, 0.2) is 5.78 Å². The van der Waals surface area contributed by atoms with E-state index < -0.39 is 0 Å². The minimum atomic E-state index is -0.0620. The minimum Gasteiger partial charge on any atom is -0.507 e. The van der Waals surface area contributed by atoms with Crippen molar-refractivity contribution in [1.82, 2.24) is 0 Å². The maximum Gasteiger partial charge on any atom is 0.163 e. The van der Waals surface area contributed by atoms with Crippen LogP contribution in [0.1, 0.15) is 28.4 Å². The van der Waals surface area contributed by atoms with Crippen LogP contribution >= 0.6 is 0 Å². The van der Waals surface area contributed by atoms with Crippen LogP contribution in [0.2, 0.25) is 0 Å². The third-order valence-corrected chi connectivity index (χ3v) is 2.26. The molecule has 0 heterocycles. The van der Waals surface area contributed by atoms with Gasteiger partial charge in [0.05, 0.1) is 12.7 Å². The summed E-state index contributed by atoms with van der Waals surface area (Å²) in [5.41, 5.74) is 1.81. The molecule has 0 saturated carbocycles. The summed E-state index contributed by atoms with van der Waals surface area (Å²) in [6, 6.07) is 1.64. The quantitative estimate of drug-likeness (QED) is 0.734. The highest BCUT2D eigenvalue weighted by atomic mass is 16.5. The maximum absolute atomic E-state index is 11.3. The molecule has 3 heteroatoms. The summed E-state index contributed by atoms with van der Waals surface area (Å²) in [5, 5.41) is 9.63. The zero-order valence-corrected chi connectivity index (χ0v) is 8.84. The van der Waals surface area contributed by atoms with Gasteiger partial charge < -0.3 is 9.84 Å². The molecule has 0 amide bonds. The van der Waals surface area contributed by atoms with E-state index in [2.05, 4.69) is 0 Å². The number of carbonyl (C=O) groups excluding carboxylic acids is 1. The highest BCUT2D eigenvalue weighted by Gasteiger charge is 2.15. The Balaban J connectivity index is 3.51. The molecule has 1 aromatic rings. The fraction of sp³-hybridized carbons (Fsp3) is 0.364. The molecule has 0 aliphatic carbocycles. The van der Waals surface area contributed by atoms with Gasteiger partial charge in [-0.3, -0.25) is 4.79 Å². The van der Waals surface area contributed by atoms with Crippen LogP contribution in [0.5, 0.6) is 11.5 Å². The second-order valence-electron chi connectivity index (χ2n) is 3.30. The molecule has 0 atom stereocenters. The molecule has 0 aliphatic rings. The van der Waals surface area contributed by atoms with Gasteiger partial charge in [-0.2, -0.15) is 0 Å². The zero-order valence-electron chi connectivity index (χ0n) is 8.84. The molecule has 1 aromatic carbocycles. The summed E-state index contributed by atoms with van der Waals surface area (Å²) in [4.78, 5) is 11.3. The van der Waals surface area contributed by atoms with Gasteiger partial charge in [0.2, 0.25) is 0 Å². The summed E-state index contributed by atoms with van der Waals surface area (Å²) in [7, 11) is 1.49. The van der Waals surface area contributed by atoms with Gasteiger partial charge in [0, 0.05) is 5.56 Å². The third-order valence-electron chi connectivity index (χ3n) is 2.26. The average molecular weight is 194 g/mol. The van der Waals surface area contributed by atoms with Crippen LogP contribution in [0.25, 0.3) is 0 Å². The second kappa shape index (κ2) is 3.70. The van der Waals surface area contributed by atoms with Crippen molar-refractivity contribution in [3.8, 4) is 11.5 Å². The van der Waals surface area contributed by atoms with Crippen LogP contribution in [0, 0.1) is 13.8 Å². The smallest absolute Gasteiger partial charge is 0.163 e. The first-order valence-electron chi connectivity index (χ1n) is 4.37. The molecule has 1 rings (SSSR count). The summed E-state index contributed by atoms with van der Waals surface area (Å²) >= 11 is 0. The highest BCUT2D eigenvalue weighted by molar-refractivity contribution is 5.97. The number of carbonyl (C=O) groups is 1. The van der Waals surface area contributed by atoms with E-state index >= 15 is 0 Å². The lowest BCUT2D eigenvalue weighted by molar-refractivity contribution is 0.101. The summed E-state index contributed by atoms with van der Waals surface area (Å²) in [5.74, 6) is 0.584. The van der Waals surface area contributed by atoms with E-state index in [1.54, 1.807) is 19.9 Å².